The van der Waals surface area contributed by atoms with Gasteiger partial charge in [0.1, 0.15) is 11.3 Å². The van der Waals surface area contributed by atoms with Crippen molar-refractivity contribution in [2.45, 2.75) is 57.1 Å². The number of aliphatic carboxylic acids is 1. The van der Waals surface area contributed by atoms with Crippen molar-refractivity contribution in [2.75, 3.05) is 0 Å². The molecule has 5 heteroatoms. The van der Waals surface area contributed by atoms with E-state index in [1.165, 1.54) is 0 Å². The number of carbonyl (C=O) groups excluding carboxylic acids is 1. The maximum Gasteiger partial charge on any atom is 0.329 e. The Balaban J connectivity index is 2.06. The summed E-state index contributed by atoms with van der Waals surface area (Å²) in [4.78, 5) is 24.1. The molecular weight excluding hydrogens is 282 g/mol. The van der Waals surface area contributed by atoms with Gasteiger partial charge in [0.25, 0.3) is 5.91 Å². The molecule has 0 radical (unpaired) electrons. The Morgan fingerprint density at radius 3 is 2.41 bits per heavy atom. The van der Waals surface area contributed by atoms with Gasteiger partial charge in [0.15, 0.2) is 6.10 Å². The van der Waals surface area contributed by atoms with Crippen molar-refractivity contribution in [1.29, 1.82) is 0 Å². The summed E-state index contributed by atoms with van der Waals surface area (Å²) in [7, 11) is 0. The molecule has 1 fully saturated rings. The molecule has 0 bridgehead atoms. The molecule has 120 valence electrons. The second-order valence-electron chi connectivity index (χ2n) is 5.76. The number of hydrogen-bond acceptors (Lipinski definition) is 3. The second-order valence-corrected chi connectivity index (χ2v) is 5.76. The summed E-state index contributed by atoms with van der Waals surface area (Å²) in [5.74, 6) is -0.691. The van der Waals surface area contributed by atoms with Gasteiger partial charge in [-0.1, -0.05) is 44.4 Å². The number of carboxylic acid groups (broad SMARTS) is 1. The normalized spacial score (nSPS) is 18.2. The first-order valence-electron chi connectivity index (χ1n) is 7.84. The van der Waals surface area contributed by atoms with E-state index in [-0.39, 0.29) is 5.91 Å². The Kier molecular flexibility index (Phi) is 5.41. The van der Waals surface area contributed by atoms with E-state index >= 15 is 0 Å². The standard InChI is InChI=1S/C17H23NO4/c1-2-14(22-13-9-5-3-6-10-13)15(19)18-17(16(20)21)11-7-4-8-12-17/h3,5-6,9-10,14H,2,4,7-8,11-12H2,1H3,(H,18,19)(H,20,21)/t14-/m0/s1. The van der Waals surface area contributed by atoms with Gasteiger partial charge in [-0.15, -0.1) is 0 Å². The highest BCUT2D eigenvalue weighted by molar-refractivity contribution is 5.89. The maximum absolute atomic E-state index is 12.5. The quantitative estimate of drug-likeness (QED) is 0.847. The Morgan fingerprint density at radius 2 is 1.86 bits per heavy atom. The highest BCUT2D eigenvalue weighted by Gasteiger charge is 2.42. The number of benzene rings is 1. The van der Waals surface area contributed by atoms with Gasteiger partial charge in [0.05, 0.1) is 0 Å². The van der Waals surface area contributed by atoms with E-state index in [9.17, 15) is 14.7 Å². The van der Waals surface area contributed by atoms with Crippen molar-refractivity contribution in [2.24, 2.45) is 0 Å². The van der Waals surface area contributed by atoms with Crippen LogP contribution in [-0.2, 0) is 9.59 Å². The van der Waals surface area contributed by atoms with E-state index < -0.39 is 17.6 Å². The number of nitrogens with one attached hydrogen (secondary N) is 1. The number of rotatable bonds is 6. The molecule has 1 atom stereocenters. The Morgan fingerprint density at radius 1 is 1.23 bits per heavy atom. The van der Waals surface area contributed by atoms with Crippen LogP contribution < -0.4 is 10.1 Å². The number of carbonyl (C=O) groups is 2. The van der Waals surface area contributed by atoms with Crippen LogP contribution in [0.4, 0.5) is 0 Å². The molecule has 0 spiro atoms. The molecule has 1 amide bonds. The van der Waals surface area contributed by atoms with E-state index in [0.29, 0.717) is 25.0 Å². The molecule has 1 aliphatic rings. The van der Waals surface area contributed by atoms with Gasteiger partial charge in [-0.3, -0.25) is 4.79 Å². The average molecular weight is 305 g/mol. The van der Waals surface area contributed by atoms with Crippen LogP contribution in [-0.4, -0.2) is 28.6 Å². The fraction of sp³-hybridized carbons (Fsp3) is 0.529. The lowest BCUT2D eigenvalue weighted by Crippen LogP contribution is -2.58. The molecule has 1 aliphatic carbocycles. The zero-order chi connectivity index (χ0) is 16.0. The molecule has 5 nitrogen and oxygen atoms in total. The van der Waals surface area contributed by atoms with Crippen LogP contribution in [0.25, 0.3) is 0 Å². The lowest BCUT2D eigenvalue weighted by molar-refractivity contribution is -0.150. The zero-order valence-corrected chi connectivity index (χ0v) is 12.9. The van der Waals surface area contributed by atoms with Crippen molar-refractivity contribution in [3.05, 3.63) is 30.3 Å². The third kappa shape index (κ3) is 3.78. The summed E-state index contributed by atoms with van der Waals surface area (Å²) in [6.45, 7) is 1.85. The summed E-state index contributed by atoms with van der Waals surface area (Å²) in [5.41, 5.74) is -1.14. The highest BCUT2D eigenvalue weighted by Crippen LogP contribution is 2.29. The number of hydrogen-bond donors (Lipinski definition) is 2. The zero-order valence-electron chi connectivity index (χ0n) is 12.9. The van der Waals surface area contributed by atoms with E-state index in [2.05, 4.69) is 5.32 Å². The molecule has 0 heterocycles. The molecule has 2 rings (SSSR count). The molecular formula is C17H23NO4. The lowest BCUT2D eigenvalue weighted by atomic mass is 9.81. The van der Waals surface area contributed by atoms with E-state index in [1.54, 1.807) is 12.1 Å². The van der Waals surface area contributed by atoms with Crippen molar-refractivity contribution in [1.82, 2.24) is 5.32 Å². The van der Waals surface area contributed by atoms with Crippen molar-refractivity contribution in [3.63, 3.8) is 0 Å². The molecule has 0 aromatic heterocycles. The monoisotopic (exact) mass is 305 g/mol. The molecule has 0 aliphatic heterocycles. The van der Waals surface area contributed by atoms with Gasteiger partial charge in [0, 0.05) is 0 Å². The predicted octanol–water partition coefficient (Wildman–Crippen LogP) is 2.75. The lowest BCUT2D eigenvalue weighted by Gasteiger charge is -2.35. The molecule has 2 N–H and O–H groups in total. The number of para-hydroxylation sites is 1. The fourth-order valence-corrected chi connectivity index (χ4v) is 2.85. The summed E-state index contributed by atoms with van der Waals surface area (Å²) >= 11 is 0. The summed E-state index contributed by atoms with van der Waals surface area (Å²) in [6, 6.07) is 9.10. The number of amides is 1. The van der Waals surface area contributed by atoms with E-state index in [4.69, 9.17) is 4.74 Å². The minimum Gasteiger partial charge on any atom is -0.481 e. The summed E-state index contributed by atoms with van der Waals surface area (Å²) < 4.78 is 5.69. The van der Waals surface area contributed by atoms with Crippen LogP contribution in [0.3, 0.4) is 0 Å². The number of ether oxygens (including phenoxy) is 1. The van der Waals surface area contributed by atoms with Crippen molar-refractivity contribution in [3.8, 4) is 5.75 Å². The smallest absolute Gasteiger partial charge is 0.329 e. The maximum atomic E-state index is 12.5. The molecule has 1 saturated carbocycles. The second kappa shape index (κ2) is 7.29. The Bertz CT molecular complexity index is 509. The third-order valence-corrected chi connectivity index (χ3v) is 4.16. The van der Waals surface area contributed by atoms with Crippen molar-refractivity contribution < 1.29 is 19.4 Å². The van der Waals surface area contributed by atoms with Gasteiger partial charge in [-0.05, 0) is 31.4 Å². The highest BCUT2D eigenvalue weighted by atomic mass is 16.5. The number of carboxylic acids is 1. The third-order valence-electron chi connectivity index (χ3n) is 4.16. The van der Waals surface area contributed by atoms with Crippen LogP contribution in [0.1, 0.15) is 45.4 Å². The average Bonchev–Trinajstić information content (AvgIpc) is 2.54. The first kappa shape index (κ1) is 16.3. The van der Waals surface area contributed by atoms with Crippen LogP contribution in [0.2, 0.25) is 0 Å². The Hall–Kier alpha value is -2.04. The fourth-order valence-electron chi connectivity index (χ4n) is 2.85. The summed E-state index contributed by atoms with van der Waals surface area (Å²) in [5, 5.41) is 12.3. The predicted molar refractivity (Wildman–Crippen MR) is 82.7 cm³/mol. The molecule has 0 unspecified atom stereocenters. The van der Waals surface area contributed by atoms with Crippen molar-refractivity contribution >= 4 is 11.9 Å². The molecule has 1 aromatic rings. The van der Waals surface area contributed by atoms with E-state index in [1.807, 2.05) is 25.1 Å². The molecule has 0 saturated heterocycles. The first-order chi connectivity index (χ1) is 10.6. The summed E-state index contributed by atoms with van der Waals surface area (Å²) in [6.07, 6.45) is 3.43. The van der Waals surface area contributed by atoms with Gasteiger partial charge >= 0.3 is 5.97 Å². The van der Waals surface area contributed by atoms with Crippen LogP contribution >= 0.6 is 0 Å². The minimum absolute atomic E-state index is 0.351. The van der Waals surface area contributed by atoms with Crippen LogP contribution in [0, 0.1) is 0 Å². The van der Waals surface area contributed by atoms with E-state index in [0.717, 1.165) is 19.3 Å². The van der Waals surface area contributed by atoms with Gasteiger partial charge in [0.2, 0.25) is 0 Å². The van der Waals surface area contributed by atoms with Gasteiger partial charge in [-0.2, -0.15) is 0 Å². The van der Waals surface area contributed by atoms with Crippen LogP contribution in [0.15, 0.2) is 30.3 Å². The SMILES string of the molecule is CC[C@H](Oc1ccccc1)C(=O)NC1(C(=O)O)CCCCC1. The largest absolute Gasteiger partial charge is 0.481 e. The Labute approximate surface area is 130 Å². The van der Waals surface area contributed by atoms with Gasteiger partial charge in [-0.25, -0.2) is 4.79 Å². The molecule has 1 aromatic carbocycles. The van der Waals surface area contributed by atoms with Crippen LogP contribution in [0.5, 0.6) is 5.75 Å². The van der Waals surface area contributed by atoms with Gasteiger partial charge < -0.3 is 15.2 Å². The first-order valence-corrected chi connectivity index (χ1v) is 7.84. The topological polar surface area (TPSA) is 75.6 Å². The minimum atomic E-state index is -1.14. The molecule has 22 heavy (non-hydrogen) atoms.